The summed E-state index contributed by atoms with van der Waals surface area (Å²) in [5.41, 5.74) is 14.8. The van der Waals surface area contributed by atoms with E-state index >= 15 is 0 Å². The van der Waals surface area contributed by atoms with Gasteiger partial charge in [0.15, 0.2) is 5.82 Å². The summed E-state index contributed by atoms with van der Waals surface area (Å²) in [7, 11) is 0. The van der Waals surface area contributed by atoms with Crippen molar-refractivity contribution in [1.29, 1.82) is 0 Å². The van der Waals surface area contributed by atoms with E-state index in [0.717, 1.165) is 39.2 Å². The summed E-state index contributed by atoms with van der Waals surface area (Å²) >= 11 is 0. The molecule has 1 heterocycles. The molecule has 214 valence electrons. The zero-order chi connectivity index (χ0) is 30.5. The van der Waals surface area contributed by atoms with Crippen LogP contribution in [0.3, 0.4) is 0 Å². The molecule has 0 bridgehead atoms. The van der Waals surface area contributed by atoms with Crippen LogP contribution in [-0.4, -0.2) is 9.97 Å². The minimum atomic E-state index is 0.708. The predicted molar refractivity (Wildman–Crippen MR) is 191 cm³/mol. The van der Waals surface area contributed by atoms with Gasteiger partial charge in [0, 0.05) is 22.3 Å². The molecule has 2 heteroatoms. The Morgan fingerprint density at radius 2 is 0.739 bits per heavy atom. The second kappa shape index (κ2) is 10.8. The summed E-state index contributed by atoms with van der Waals surface area (Å²) in [6.45, 7) is 0. The van der Waals surface area contributed by atoms with Gasteiger partial charge in [-0.05, 0) is 49.7 Å². The second-order valence-electron chi connectivity index (χ2n) is 11.7. The molecule has 2 nitrogen and oxygen atoms in total. The van der Waals surface area contributed by atoms with Crippen molar-refractivity contribution in [3.05, 3.63) is 170 Å². The highest BCUT2D eigenvalue weighted by atomic mass is 14.9. The molecule has 0 atom stereocenters. The lowest BCUT2D eigenvalue weighted by Gasteiger charge is -2.17. The van der Waals surface area contributed by atoms with E-state index in [1.807, 2.05) is 18.2 Å². The lowest BCUT2D eigenvalue weighted by atomic mass is 9.93. The SMILES string of the molecule is c1ccc(-c2nc(-c3ccc(-c4ccc5c6c(cccc46)-c4ccccc4-5)cc3)nc(-c3ccccc3)c2-c2ccccc2)cc1. The lowest BCUT2D eigenvalue weighted by Crippen LogP contribution is -2.00. The van der Waals surface area contributed by atoms with Gasteiger partial charge in [0.1, 0.15) is 0 Å². The molecule has 8 aromatic rings. The number of nitrogens with zero attached hydrogens (tertiary/aromatic N) is 2. The van der Waals surface area contributed by atoms with Gasteiger partial charge in [0.25, 0.3) is 0 Å². The van der Waals surface area contributed by atoms with E-state index in [9.17, 15) is 0 Å². The molecule has 0 fully saturated rings. The molecule has 0 unspecified atom stereocenters. The van der Waals surface area contributed by atoms with E-state index < -0.39 is 0 Å². The topological polar surface area (TPSA) is 25.8 Å². The van der Waals surface area contributed by atoms with Crippen LogP contribution in [0.25, 0.3) is 89.2 Å². The van der Waals surface area contributed by atoms with Crippen LogP contribution in [-0.2, 0) is 0 Å². The minimum absolute atomic E-state index is 0.708. The first-order valence-corrected chi connectivity index (χ1v) is 15.7. The van der Waals surface area contributed by atoms with Crippen molar-refractivity contribution >= 4 is 10.8 Å². The Kier molecular flexibility index (Phi) is 6.17. The Labute approximate surface area is 268 Å². The average Bonchev–Trinajstić information content (AvgIpc) is 3.47. The maximum absolute atomic E-state index is 5.27. The van der Waals surface area contributed by atoms with Crippen LogP contribution < -0.4 is 0 Å². The summed E-state index contributed by atoms with van der Waals surface area (Å²) in [6.07, 6.45) is 0. The Hall–Kier alpha value is -6.12. The van der Waals surface area contributed by atoms with E-state index in [1.165, 1.54) is 44.2 Å². The van der Waals surface area contributed by atoms with E-state index in [4.69, 9.17) is 9.97 Å². The van der Waals surface area contributed by atoms with Gasteiger partial charge in [-0.3, -0.25) is 0 Å². The molecule has 1 aliphatic carbocycles. The van der Waals surface area contributed by atoms with Gasteiger partial charge in [-0.25, -0.2) is 9.97 Å². The largest absolute Gasteiger partial charge is 0.227 e. The molecule has 0 radical (unpaired) electrons. The van der Waals surface area contributed by atoms with Crippen LogP contribution in [0, 0.1) is 0 Å². The number of fused-ring (bicyclic) bond motifs is 3. The quantitative estimate of drug-likeness (QED) is 0.201. The van der Waals surface area contributed by atoms with Crippen molar-refractivity contribution in [1.82, 2.24) is 9.97 Å². The second-order valence-corrected chi connectivity index (χ2v) is 11.7. The van der Waals surface area contributed by atoms with Crippen LogP contribution in [0.2, 0.25) is 0 Å². The summed E-state index contributed by atoms with van der Waals surface area (Å²) in [5, 5.41) is 2.62. The molecule has 0 spiro atoms. The van der Waals surface area contributed by atoms with Crippen LogP contribution >= 0.6 is 0 Å². The van der Waals surface area contributed by atoms with Crippen molar-refractivity contribution in [2.45, 2.75) is 0 Å². The van der Waals surface area contributed by atoms with Crippen LogP contribution in [0.15, 0.2) is 170 Å². The zero-order valence-corrected chi connectivity index (χ0v) is 25.1. The minimum Gasteiger partial charge on any atom is -0.227 e. The summed E-state index contributed by atoms with van der Waals surface area (Å²) < 4.78 is 0. The highest BCUT2D eigenvalue weighted by Crippen LogP contribution is 2.49. The van der Waals surface area contributed by atoms with Gasteiger partial charge in [-0.2, -0.15) is 0 Å². The first kappa shape index (κ1) is 26.3. The molecule has 1 aliphatic rings. The molecule has 0 N–H and O–H groups in total. The number of hydrogen-bond donors (Lipinski definition) is 0. The first-order chi connectivity index (χ1) is 22.8. The van der Waals surface area contributed by atoms with Crippen LogP contribution in [0.1, 0.15) is 0 Å². The highest BCUT2D eigenvalue weighted by Gasteiger charge is 2.23. The molecule has 0 aliphatic heterocycles. The molecule has 9 rings (SSSR count). The molecule has 46 heavy (non-hydrogen) atoms. The molecule has 0 saturated heterocycles. The van der Waals surface area contributed by atoms with Gasteiger partial charge in [-0.15, -0.1) is 0 Å². The third kappa shape index (κ3) is 4.27. The molecule has 1 aromatic heterocycles. The van der Waals surface area contributed by atoms with Crippen molar-refractivity contribution in [3.63, 3.8) is 0 Å². The Morgan fingerprint density at radius 3 is 1.33 bits per heavy atom. The number of aromatic nitrogens is 2. The third-order valence-electron chi connectivity index (χ3n) is 9.07. The fraction of sp³-hybridized carbons (Fsp3) is 0. The number of hydrogen-bond acceptors (Lipinski definition) is 2. The smallest absolute Gasteiger partial charge is 0.160 e. The molecular weight excluding hydrogens is 556 g/mol. The van der Waals surface area contributed by atoms with Crippen molar-refractivity contribution in [2.24, 2.45) is 0 Å². The van der Waals surface area contributed by atoms with Gasteiger partial charge in [0.2, 0.25) is 0 Å². The molecular formula is C44H28N2. The van der Waals surface area contributed by atoms with Gasteiger partial charge in [-0.1, -0.05) is 170 Å². The van der Waals surface area contributed by atoms with Crippen molar-refractivity contribution in [2.75, 3.05) is 0 Å². The fourth-order valence-electron chi connectivity index (χ4n) is 6.94. The van der Waals surface area contributed by atoms with Crippen molar-refractivity contribution in [3.8, 4) is 78.4 Å². The fourth-order valence-corrected chi connectivity index (χ4v) is 6.94. The molecule has 0 saturated carbocycles. The van der Waals surface area contributed by atoms with Gasteiger partial charge >= 0.3 is 0 Å². The number of benzene rings is 7. The van der Waals surface area contributed by atoms with E-state index in [-0.39, 0.29) is 0 Å². The van der Waals surface area contributed by atoms with Crippen LogP contribution in [0.5, 0.6) is 0 Å². The Bertz CT molecular complexity index is 2290. The van der Waals surface area contributed by atoms with E-state index in [0.29, 0.717) is 5.82 Å². The third-order valence-corrected chi connectivity index (χ3v) is 9.07. The van der Waals surface area contributed by atoms with Crippen LogP contribution in [0.4, 0.5) is 0 Å². The standard InChI is InChI=1S/C44H28N2/c1-4-13-30(14-5-1)40-42(31-15-6-2-7-16-31)45-44(46-43(40)32-17-8-3-9-18-32)33-25-23-29(24-26-33)34-27-28-39-36-20-11-10-19-35(36)38-22-12-21-37(34)41(38)39/h1-28H. The average molecular weight is 585 g/mol. The molecule has 0 amide bonds. The normalized spacial score (nSPS) is 11.5. The zero-order valence-electron chi connectivity index (χ0n) is 25.1. The maximum Gasteiger partial charge on any atom is 0.160 e. The predicted octanol–water partition coefficient (Wildman–Crippen LogP) is 11.6. The van der Waals surface area contributed by atoms with Gasteiger partial charge < -0.3 is 0 Å². The van der Waals surface area contributed by atoms with E-state index in [1.54, 1.807) is 0 Å². The number of rotatable bonds is 5. The maximum atomic E-state index is 5.27. The Morgan fingerprint density at radius 1 is 0.283 bits per heavy atom. The monoisotopic (exact) mass is 584 g/mol. The lowest BCUT2D eigenvalue weighted by molar-refractivity contribution is 1.18. The van der Waals surface area contributed by atoms with Crippen molar-refractivity contribution < 1.29 is 0 Å². The van der Waals surface area contributed by atoms with Gasteiger partial charge in [0.05, 0.1) is 11.4 Å². The summed E-state index contributed by atoms with van der Waals surface area (Å²) in [5.74, 6) is 0.708. The summed E-state index contributed by atoms with van der Waals surface area (Å²) in [4.78, 5) is 10.5. The highest BCUT2D eigenvalue weighted by molar-refractivity contribution is 6.18. The summed E-state index contributed by atoms with van der Waals surface area (Å²) in [6, 6.07) is 60.0. The van der Waals surface area contributed by atoms with E-state index in [2.05, 4.69) is 152 Å². The molecule has 7 aromatic carbocycles. The first-order valence-electron chi connectivity index (χ1n) is 15.7. The Balaban J connectivity index is 1.20.